The number of aryl methyl sites for hydroxylation is 4. The Hall–Kier alpha value is -3.58. The van der Waals surface area contributed by atoms with Crippen molar-refractivity contribution in [3.05, 3.63) is 70.8 Å². The second-order valence-electron chi connectivity index (χ2n) is 7.82. The van der Waals surface area contributed by atoms with E-state index in [1.807, 2.05) is 64.1 Å². The number of nitrogens with zero attached hydrogens (tertiary/aromatic N) is 3. The van der Waals surface area contributed by atoms with Crippen molar-refractivity contribution in [1.29, 1.82) is 0 Å². The monoisotopic (exact) mass is 433 g/mol. The number of rotatable bonds is 7. The van der Waals surface area contributed by atoms with E-state index >= 15 is 0 Å². The Morgan fingerprint density at radius 2 is 1.44 bits per heavy atom. The minimum Gasteiger partial charge on any atom is -0.420 e. The van der Waals surface area contributed by atoms with Crippen molar-refractivity contribution in [3.63, 3.8) is 0 Å². The summed E-state index contributed by atoms with van der Waals surface area (Å²) in [6, 6.07) is 11.9. The van der Waals surface area contributed by atoms with Gasteiger partial charge >= 0.3 is 12.0 Å². The molecule has 0 radical (unpaired) electrons. The van der Waals surface area contributed by atoms with Crippen molar-refractivity contribution in [2.24, 2.45) is 0 Å². The zero-order valence-corrected chi connectivity index (χ0v) is 19.0. The quantitative estimate of drug-likeness (QED) is 0.338. The molecular formula is C25H27N3O4. The third-order valence-electron chi connectivity index (χ3n) is 4.83. The maximum atomic E-state index is 11.9. The average Bonchev–Trinajstić information content (AvgIpc) is 2.72. The molecule has 0 fully saturated rings. The summed E-state index contributed by atoms with van der Waals surface area (Å²) in [5, 5.41) is 9.64. The first-order valence-corrected chi connectivity index (χ1v) is 10.2. The fourth-order valence-corrected chi connectivity index (χ4v) is 3.22. The lowest BCUT2D eigenvalue weighted by Crippen LogP contribution is -2.29. The summed E-state index contributed by atoms with van der Waals surface area (Å²) in [4.78, 5) is 25.4. The first-order valence-electron chi connectivity index (χ1n) is 10.2. The lowest BCUT2D eigenvalue weighted by molar-refractivity contribution is -0.164. The lowest BCUT2D eigenvalue weighted by Gasteiger charge is -2.17. The number of hydrogen-bond donors (Lipinski definition) is 1. The van der Waals surface area contributed by atoms with Crippen LogP contribution in [-0.2, 0) is 9.53 Å². The number of aliphatic hydroxyl groups is 1. The first-order chi connectivity index (χ1) is 15.2. The largest absolute Gasteiger partial charge is 0.420 e. The van der Waals surface area contributed by atoms with Gasteiger partial charge in [-0.15, -0.1) is 0 Å². The summed E-state index contributed by atoms with van der Waals surface area (Å²) in [5.74, 6) is 0.165. The molecule has 32 heavy (non-hydrogen) atoms. The molecule has 1 N–H and O–H groups in total. The van der Waals surface area contributed by atoms with Crippen molar-refractivity contribution < 1.29 is 19.4 Å². The zero-order valence-electron chi connectivity index (χ0n) is 19.0. The molecule has 0 amide bonds. The number of carbonyl (C=O) groups is 1. The normalized spacial score (nSPS) is 11.7. The van der Waals surface area contributed by atoms with Crippen LogP contribution in [0.1, 0.15) is 29.2 Å². The van der Waals surface area contributed by atoms with Crippen LogP contribution in [-0.4, -0.2) is 38.9 Å². The molecule has 166 valence electrons. The summed E-state index contributed by atoms with van der Waals surface area (Å²) in [6.07, 6.45) is -1.28. The molecule has 0 aliphatic rings. The number of carbonyl (C=O) groups excluding carboxylic acids is 1. The minimum atomic E-state index is -1.28. The minimum absolute atomic E-state index is 0.0569. The van der Waals surface area contributed by atoms with Gasteiger partial charge in [0.2, 0.25) is 0 Å². The van der Waals surface area contributed by atoms with Gasteiger partial charge < -0.3 is 14.6 Å². The second kappa shape index (κ2) is 9.70. The van der Waals surface area contributed by atoms with Crippen molar-refractivity contribution in [3.8, 4) is 28.8 Å². The molecular weight excluding hydrogens is 406 g/mol. The van der Waals surface area contributed by atoms with Crippen molar-refractivity contribution >= 4 is 5.97 Å². The molecule has 1 heterocycles. The molecule has 1 unspecified atom stereocenters. The molecule has 0 bridgehead atoms. The Balaban J connectivity index is 2.09. The molecule has 0 saturated heterocycles. The summed E-state index contributed by atoms with van der Waals surface area (Å²) in [7, 11) is 0. The highest BCUT2D eigenvalue weighted by Crippen LogP contribution is 2.27. The Morgan fingerprint density at radius 3 is 1.84 bits per heavy atom. The lowest BCUT2D eigenvalue weighted by atomic mass is 10.0. The van der Waals surface area contributed by atoms with E-state index in [1.165, 1.54) is 6.92 Å². The SMILES string of the molecule is C=C(C)C(=O)OC(CO)Oc1nc(-c2ccc(C)cc2C)nc(-c2ccc(C)cc2C)n1. The maximum Gasteiger partial charge on any atom is 0.336 e. The Bertz CT molecular complexity index is 1100. The fourth-order valence-electron chi connectivity index (χ4n) is 3.22. The molecule has 0 spiro atoms. The number of hydrogen-bond acceptors (Lipinski definition) is 7. The molecule has 0 saturated carbocycles. The number of aliphatic hydroxyl groups excluding tert-OH is 1. The van der Waals surface area contributed by atoms with Gasteiger partial charge in [0.15, 0.2) is 11.6 Å². The topological polar surface area (TPSA) is 94.4 Å². The fraction of sp³-hybridized carbons (Fsp3) is 0.280. The van der Waals surface area contributed by atoms with E-state index in [9.17, 15) is 9.90 Å². The molecule has 0 aliphatic carbocycles. The van der Waals surface area contributed by atoms with Gasteiger partial charge in [0.05, 0.1) is 0 Å². The van der Waals surface area contributed by atoms with Gasteiger partial charge in [-0.05, 0) is 45.7 Å². The van der Waals surface area contributed by atoms with E-state index in [-0.39, 0.29) is 11.6 Å². The van der Waals surface area contributed by atoms with Crippen molar-refractivity contribution in [2.75, 3.05) is 6.61 Å². The van der Waals surface area contributed by atoms with Crippen LogP contribution in [0, 0.1) is 27.7 Å². The van der Waals surface area contributed by atoms with Crippen LogP contribution in [0.5, 0.6) is 6.01 Å². The summed E-state index contributed by atoms with van der Waals surface area (Å²) < 4.78 is 10.8. The molecule has 1 atom stereocenters. The van der Waals surface area contributed by atoms with Crippen LogP contribution in [0.4, 0.5) is 0 Å². The summed E-state index contributed by atoms with van der Waals surface area (Å²) in [6.45, 7) is 12.5. The van der Waals surface area contributed by atoms with Gasteiger partial charge in [0.1, 0.15) is 6.61 Å². The van der Waals surface area contributed by atoms with Gasteiger partial charge in [0, 0.05) is 16.7 Å². The number of esters is 1. The predicted octanol–water partition coefficient (Wildman–Crippen LogP) is 4.26. The highest BCUT2D eigenvalue weighted by molar-refractivity contribution is 5.87. The Morgan fingerprint density at radius 1 is 0.938 bits per heavy atom. The van der Waals surface area contributed by atoms with E-state index in [4.69, 9.17) is 14.5 Å². The Kier molecular flexibility index (Phi) is 7.00. The smallest absolute Gasteiger partial charge is 0.336 e. The van der Waals surface area contributed by atoms with Crippen LogP contribution in [0.25, 0.3) is 22.8 Å². The van der Waals surface area contributed by atoms with Crippen LogP contribution in [0.2, 0.25) is 0 Å². The Labute approximate surface area is 187 Å². The van der Waals surface area contributed by atoms with Crippen LogP contribution < -0.4 is 4.74 Å². The van der Waals surface area contributed by atoms with E-state index in [1.54, 1.807) is 0 Å². The van der Waals surface area contributed by atoms with E-state index in [0.29, 0.717) is 11.6 Å². The highest BCUT2D eigenvalue weighted by Gasteiger charge is 2.20. The third-order valence-corrected chi connectivity index (χ3v) is 4.83. The van der Waals surface area contributed by atoms with Gasteiger partial charge in [-0.1, -0.05) is 54.1 Å². The van der Waals surface area contributed by atoms with Gasteiger partial charge in [-0.2, -0.15) is 9.97 Å². The number of benzene rings is 2. The van der Waals surface area contributed by atoms with Gasteiger partial charge in [0.25, 0.3) is 6.29 Å². The van der Waals surface area contributed by atoms with Crippen LogP contribution in [0.3, 0.4) is 0 Å². The number of ether oxygens (including phenoxy) is 2. The average molecular weight is 434 g/mol. The van der Waals surface area contributed by atoms with Crippen molar-refractivity contribution in [2.45, 2.75) is 40.9 Å². The van der Waals surface area contributed by atoms with Crippen LogP contribution >= 0.6 is 0 Å². The highest BCUT2D eigenvalue weighted by atomic mass is 16.7. The molecule has 0 aliphatic heterocycles. The third kappa shape index (κ3) is 5.36. The van der Waals surface area contributed by atoms with Crippen LogP contribution in [0.15, 0.2) is 48.6 Å². The van der Waals surface area contributed by atoms with Gasteiger partial charge in [-0.25, -0.2) is 9.78 Å². The maximum absolute atomic E-state index is 11.9. The van der Waals surface area contributed by atoms with E-state index in [0.717, 1.165) is 33.4 Å². The first kappa shape index (κ1) is 23.1. The predicted molar refractivity (Wildman–Crippen MR) is 122 cm³/mol. The zero-order chi connectivity index (χ0) is 23.4. The molecule has 7 nitrogen and oxygen atoms in total. The van der Waals surface area contributed by atoms with E-state index in [2.05, 4.69) is 16.5 Å². The molecule has 2 aromatic carbocycles. The molecule has 3 rings (SSSR count). The summed E-state index contributed by atoms with van der Waals surface area (Å²) in [5.41, 5.74) is 6.09. The van der Waals surface area contributed by atoms with Crippen molar-refractivity contribution in [1.82, 2.24) is 15.0 Å². The second-order valence-corrected chi connectivity index (χ2v) is 7.82. The molecule has 3 aromatic rings. The summed E-state index contributed by atoms with van der Waals surface area (Å²) >= 11 is 0. The standard InChI is InChI=1S/C25H27N3O4/c1-14(2)24(30)31-21(13-29)32-25-27-22(19-9-7-15(3)11-17(19)5)26-23(28-25)20-10-8-16(4)12-18(20)6/h7-12,21,29H,1,13H2,2-6H3. The van der Waals surface area contributed by atoms with E-state index < -0.39 is 18.9 Å². The van der Waals surface area contributed by atoms with Gasteiger partial charge in [-0.3, -0.25) is 0 Å². The molecule has 1 aromatic heterocycles. The number of aromatic nitrogens is 3. The molecule has 7 heteroatoms.